The van der Waals surface area contributed by atoms with Crippen LogP contribution in [0.1, 0.15) is 16.8 Å². The Bertz CT molecular complexity index is 899. The summed E-state index contributed by atoms with van der Waals surface area (Å²) in [7, 11) is 0. The highest BCUT2D eigenvalue weighted by atomic mass is 16.3. The van der Waals surface area contributed by atoms with Gasteiger partial charge in [0.2, 0.25) is 0 Å². The van der Waals surface area contributed by atoms with Gasteiger partial charge in [-0.05, 0) is 29.8 Å². The maximum atomic E-state index is 9.63. The van der Waals surface area contributed by atoms with Crippen LogP contribution < -0.4 is 0 Å². The fourth-order valence-corrected chi connectivity index (χ4v) is 3.07. The second-order valence-corrected chi connectivity index (χ2v) is 6.19. The summed E-state index contributed by atoms with van der Waals surface area (Å²) in [5.74, 6) is 0.534. The normalized spacial score (nSPS) is 14.2. The van der Waals surface area contributed by atoms with Gasteiger partial charge < -0.3 is 10.2 Å². The van der Waals surface area contributed by atoms with Crippen molar-refractivity contribution < 1.29 is 10.2 Å². The summed E-state index contributed by atoms with van der Waals surface area (Å²) in [5, 5.41) is 19.0. The molecule has 4 rings (SSSR count). The number of pyridine rings is 1. The lowest BCUT2D eigenvalue weighted by atomic mass is 10.1. The highest BCUT2D eigenvalue weighted by molar-refractivity contribution is 5.53. The van der Waals surface area contributed by atoms with Crippen LogP contribution in [0.15, 0.2) is 48.9 Å². The van der Waals surface area contributed by atoms with Gasteiger partial charge in [-0.2, -0.15) is 0 Å². The van der Waals surface area contributed by atoms with Gasteiger partial charge in [0.1, 0.15) is 0 Å². The standard InChI is InChI=1S/C19H18N4O2/c24-17-4-3-13(8-18(17)25)11-23-7-5-16-15(12-23)10-21-19(22-16)14-2-1-6-20-9-14/h1-4,6,8-10,24-25H,5,7,11-12H2. The molecule has 0 unspecified atom stereocenters. The van der Waals surface area contributed by atoms with Crippen LogP contribution in [-0.2, 0) is 19.5 Å². The van der Waals surface area contributed by atoms with Gasteiger partial charge in [-0.1, -0.05) is 6.07 Å². The first-order valence-corrected chi connectivity index (χ1v) is 8.17. The molecule has 6 nitrogen and oxygen atoms in total. The van der Waals surface area contributed by atoms with E-state index in [-0.39, 0.29) is 11.5 Å². The Kier molecular flexibility index (Phi) is 4.03. The second kappa shape index (κ2) is 6.49. The molecule has 0 fully saturated rings. The smallest absolute Gasteiger partial charge is 0.160 e. The van der Waals surface area contributed by atoms with Crippen LogP contribution in [0.5, 0.6) is 11.5 Å². The van der Waals surface area contributed by atoms with E-state index >= 15 is 0 Å². The molecule has 1 aliphatic rings. The molecule has 0 aliphatic carbocycles. The molecule has 3 heterocycles. The Balaban J connectivity index is 1.51. The van der Waals surface area contributed by atoms with Crippen molar-refractivity contribution in [1.29, 1.82) is 0 Å². The van der Waals surface area contributed by atoms with Crippen molar-refractivity contribution in [2.45, 2.75) is 19.5 Å². The summed E-state index contributed by atoms with van der Waals surface area (Å²) in [6, 6.07) is 8.79. The summed E-state index contributed by atoms with van der Waals surface area (Å²) in [4.78, 5) is 15.6. The zero-order valence-electron chi connectivity index (χ0n) is 13.6. The molecular weight excluding hydrogens is 316 g/mol. The van der Waals surface area contributed by atoms with E-state index in [1.54, 1.807) is 18.5 Å². The lowest BCUT2D eigenvalue weighted by Crippen LogP contribution is -2.30. The minimum atomic E-state index is -0.0935. The zero-order valence-corrected chi connectivity index (χ0v) is 13.6. The number of fused-ring (bicyclic) bond motifs is 1. The molecule has 6 heteroatoms. The summed E-state index contributed by atoms with van der Waals surface area (Å²) >= 11 is 0. The van der Waals surface area contributed by atoms with Crippen molar-refractivity contribution in [1.82, 2.24) is 19.9 Å². The van der Waals surface area contributed by atoms with Crippen LogP contribution in [-0.4, -0.2) is 36.6 Å². The van der Waals surface area contributed by atoms with Gasteiger partial charge in [0, 0.05) is 55.8 Å². The van der Waals surface area contributed by atoms with Gasteiger partial charge in [-0.25, -0.2) is 9.97 Å². The van der Waals surface area contributed by atoms with Crippen LogP contribution in [0.4, 0.5) is 0 Å². The highest BCUT2D eigenvalue weighted by Crippen LogP contribution is 2.27. The van der Waals surface area contributed by atoms with Gasteiger partial charge in [0.15, 0.2) is 17.3 Å². The third kappa shape index (κ3) is 3.29. The first-order valence-electron chi connectivity index (χ1n) is 8.17. The lowest BCUT2D eigenvalue weighted by Gasteiger charge is -2.28. The molecule has 2 N–H and O–H groups in total. The van der Waals surface area contributed by atoms with E-state index in [4.69, 9.17) is 4.98 Å². The summed E-state index contributed by atoms with van der Waals surface area (Å²) in [6.07, 6.45) is 6.26. The van der Waals surface area contributed by atoms with E-state index in [2.05, 4.69) is 14.9 Å². The van der Waals surface area contributed by atoms with Gasteiger partial charge in [-0.3, -0.25) is 9.88 Å². The third-order valence-corrected chi connectivity index (χ3v) is 4.38. The number of hydrogen-bond acceptors (Lipinski definition) is 6. The zero-order chi connectivity index (χ0) is 17.2. The lowest BCUT2D eigenvalue weighted by molar-refractivity contribution is 0.242. The molecule has 126 valence electrons. The van der Waals surface area contributed by atoms with Crippen LogP contribution in [0.3, 0.4) is 0 Å². The number of phenols is 2. The summed E-state index contributed by atoms with van der Waals surface area (Å²) in [6.45, 7) is 2.36. The molecule has 3 aromatic rings. The molecule has 1 aliphatic heterocycles. The number of rotatable bonds is 3. The summed E-state index contributed by atoms with van der Waals surface area (Å²) in [5.41, 5.74) is 4.10. The predicted molar refractivity (Wildman–Crippen MR) is 92.9 cm³/mol. The number of aromatic hydroxyl groups is 2. The van der Waals surface area contributed by atoms with Crippen molar-refractivity contribution >= 4 is 0 Å². The number of hydrogen-bond donors (Lipinski definition) is 2. The van der Waals surface area contributed by atoms with Crippen molar-refractivity contribution in [2.24, 2.45) is 0 Å². The minimum absolute atomic E-state index is 0.0839. The average Bonchev–Trinajstić information content (AvgIpc) is 2.65. The third-order valence-electron chi connectivity index (χ3n) is 4.38. The van der Waals surface area contributed by atoms with Crippen LogP contribution in [0.25, 0.3) is 11.4 Å². The van der Waals surface area contributed by atoms with E-state index in [0.29, 0.717) is 12.4 Å². The van der Waals surface area contributed by atoms with Crippen molar-refractivity contribution in [3.8, 4) is 22.9 Å². The monoisotopic (exact) mass is 334 g/mol. The molecule has 0 bridgehead atoms. The number of benzene rings is 1. The van der Waals surface area contributed by atoms with Gasteiger partial charge >= 0.3 is 0 Å². The Labute approximate surface area is 145 Å². The second-order valence-electron chi connectivity index (χ2n) is 6.19. The van der Waals surface area contributed by atoms with Crippen LogP contribution >= 0.6 is 0 Å². The quantitative estimate of drug-likeness (QED) is 0.716. The van der Waals surface area contributed by atoms with Crippen molar-refractivity contribution in [2.75, 3.05) is 6.54 Å². The molecule has 0 radical (unpaired) electrons. The van der Waals surface area contributed by atoms with Gasteiger partial charge in [0.25, 0.3) is 0 Å². The molecule has 0 amide bonds. The largest absolute Gasteiger partial charge is 0.504 e. The molecule has 2 aromatic heterocycles. The average molecular weight is 334 g/mol. The fraction of sp³-hybridized carbons (Fsp3) is 0.211. The summed E-state index contributed by atoms with van der Waals surface area (Å²) < 4.78 is 0. The maximum absolute atomic E-state index is 9.63. The Morgan fingerprint density at radius 1 is 1.08 bits per heavy atom. The van der Waals surface area contributed by atoms with E-state index in [1.807, 2.05) is 24.4 Å². The van der Waals surface area contributed by atoms with E-state index in [1.165, 1.54) is 6.07 Å². The first-order chi connectivity index (χ1) is 12.2. The molecule has 25 heavy (non-hydrogen) atoms. The topological polar surface area (TPSA) is 82.4 Å². The van der Waals surface area contributed by atoms with Gasteiger partial charge in [0.05, 0.1) is 5.69 Å². The Morgan fingerprint density at radius 2 is 2.00 bits per heavy atom. The number of phenolic OH excluding ortho intramolecular Hbond substituents is 2. The predicted octanol–water partition coefficient (Wildman–Crippen LogP) is 2.51. The molecule has 0 atom stereocenters. The molecular formula is C19H18N4O2. The maximum Gasteiger partial charge on any atom is 0.160 e. The molecule has 1 aromatic carbocycles. The van der Waals surface area contributed by atoms with Crippen LogP contribution in [0, 0.1) is 0 Å². The van der Waals surface area contributed by atoms with Crippen molar-refractivity contribution in [3.63, 3.8) is 0 Å². The fourth-order valence-electron chi connectivity index (χ4n) is 3.07. The Hall–Kier alpha value is -2.99. The number of aromatic nitrogens is 3. The number of nitrogens with zero attached hydrogens (tertiary/aromatic N) is 4. The first kappa shape index (κ1) is 15.5. The molecule has 0 spiro atoms. The Morgan fingerprint density at radius 3 is 2.80 bits per heavy atom. The van der Waals surface area contributed by atoms with E-state index in [9.17, 15) is 10.2 Å². The van der Waals surface area contributed by atoms with Crippen LogP contribution in [0.2, 0.25) is 0 Å². The van der Waals surface area contributed by atoms with Gasteiger partial charge in [-0.15, -0.1) is 0 Å². The van der Waals surface area contributed by atoms with E-state index < -0.39 is 0 Å². The molecule has 0 saturated carbocycles. The molecule has 0 saturated heterocycles. The highest BCUT2D eigenvalue weighted by Gasteiger charge is 2.19. The SMILES string of the molecule is Oc1ccc(CN2CCc3nc(-c4cccnc4)ncc3C2)cc1O. The van der Waals surface area contributed by atoms with Crippen molar-refractivity contribution in [3.05, 3.63) is 65.7 Å². The minimum Gasteiger partial charge on any atom is -0.504 e. The van der Waals surface area contributed by atoms with E-state index in [0.717, 1.165) is 41.9 Å².